The summed E-state index contributed by atoms with van der Waals surface area (Å²) < 4.78 is 28.4. The zero-order chi connectivity index (χ0) is 28.7. The van der Waals surface area contributed by atoms with E-state index < -0.39 is 52.8 Å². The zero-order valence-electron chi connectivity index (χ0n) is 24.5. The van der Waals surface area contributed by atoms with Crippen LogP contribution in [-0.2, 0) is 23.1 Å². The summed E-state index contributed by atoms with van der Waals surface area (Å²) in [6.07, 6.45) is 1.71. The van der Waals surface area contributed by atoms with Gasteiger partial charge in [0.05, 0.1) is 19.0 Å². The van der Waals surface area contributed by atoms with Crippen LogP contribution in [0.1, 0.15) is 54.7 Å². The first kappa shape index (κ1) is 30.3. The number of hydrogen-bond acceptors (Lipinski definition) is 9. The molecule has 0 aliphatic carbocycles. The lowest BCUT2D eigenvalue weighted by atomic mass is 10.1. The molecule has 1 aliphatic rings. The van der Waals surface area contributed by atoms with Crippen molar-refractivity contribution in [2.24, 2.45) is 0 Å². The lowest BCUT2D eigenvalue weighted by Gasteiger charge is -2.40. The topological polar surface area (TPSA) is 120 Å². The van der Waals surface area contributed by atoms with E-state index in [4.69, 9.17) is 18.3 Å². The Morgan fingerprint density at radius 3 is 2.16 bits per heavy atom. The van der Waals surface area contributed by atoms with Crippen molar-refractivity contribution in [3.8, 4) is 5.82 Å². The number of nitrogens with zero attached hydrogens (tertiary/aromatic N) is 5. The molecular weight excluding hydrogens is 522 g/mol. The molecule has 0 amide bonds. The van der Waals surface area contributed by atoms with Gasteiger partial charge in [-0.1, -0.05) is 46.8 Å². The third kappa shape index (κ3) is 6.50. The van der Waals surface area contributed by atoms with E-state index >= 15 is 0 Å². The number of aromatic nitrogens is 5. The lowest BCUT2D eigenvalue weighted by Crippen LogP contribution is -2.51. The van der Waals surface area contributed by atoms with E-state index in [0.29, 0.717) is 5.82 Å². The molecular formula is C25H43N5O6Si2. The van der Waals surface area contributed by atoms with E-state index in [-0.39, 0.29) is 16.7 Å². The smallest absolute Gasteiger partial charge is 0.351 e. The molecule has 13 heteroatoms. The summed E-state index contributed by atoms with van der Waals surface area (Å²) >= 11 is 0. The van der Waals surface area contributed by atoms with Crippen LogP contribution in [-0.4, -0.2) is 72.1 Å². The van der Waals surface area contributed by atoms with E-state index in [0.717, 1.165) is 0 Å². The second-order valence-corrected chi connectivity index (χ2v) is 22.4. The molecule has 0 bridgehead atoms. The average molecular weight is 566 g/mol. The lowest BCUT2D eigenvalue weighted by molar-refractivity contribution is -0.153. The molecule has 1 saturated heterocycles. The Balaban J connectivity index is 2.03. The van der Waals surface area contributed by atoms with Gasteiger partial charge in [-0.25, -0.2) is 9.48 Å². The van der Waals surface area contributed by atoms with Crippen molar-refractivity contribution >= 4 is 22.6 Å². The van der Waals surface area contributed by atoms with E-state index in [1.165, 1.54) is 22.4 Å². The Kier molecular flexibility index (Phi) is 8.59. The first-order valence-corrected chi connectivity index (χ1v) is 18.8. The Hall–Kier alpha value is -2.20. The quantitative estimate of drug-likeness (QED) is 0.345. The molecule has 0 saturated carbocycles. The third-order valence-corrected chi connectivity index (χ3v) is 17.0. The summed E-state index contributed by atoms with van der Waals surface area (Å²) in [6, 6.07) is 1.66. The minimum Gasteiger partial charge on any atom is -0.457 e. The Labute approximate surface area is 227 Å². The van der Waals surface area contributed by atoms with Crippen LogP contribution in [0.4, 0.5) is 0 Å². The van der Waals surface area contributed by atoms with Gasteiger partial charge in [0.15, 0.2) is 34.8 Å². The van der Waals surface area contributed by atoms with Gasteiger partial charge in [0.1, 0.15) is 12.2 Å². The molecule has 1 fully saturated rings. The molecule has 3 rings (SSSR count). The number of carbonyl (C=O) groups is 1. The average Bonchev–Trinajstić information content (AvgIpc) is 3.40. The van der Waals surface area contributed by atoms with E-state index in [9.17, 15) is 9.59 Å². The minimum absolute atomic E-state index is 0.0168. The summed E-state index contributed by atoms with van der Waals surface area (Å²) in [4.78, 5) is 29.7. The normalized spacial score (nSPS) is 23.0. The molecule has 38 heavy (non-hydrogen) atoms. The number of hydrogen-bond donors (Lipinski definition) is 0. The molecule has 0 aromatic carbocycles. The number of esters is 1. The fraction of sp³-hybridized carbons (Fsp3) is 0.720. The first-order chi connectivity index (χ1) is 17.3. The maximum Gasteiger partial charge on any atom is 0.351 e. The molecule has 0 spiro atoms. The third-order valence-electron chi connectivity index (χ3n) is 7.99. The number of ether oxygens (including phenoxy) is 2. The zero-order valence-corrected chi connectivity index (χ0v) is 26.5. The van der Waals surface area contributed by atoms with Crippen molar-refractivity contribution < 1.29 is 23.1 Å². The maximum absolute atomic E-state index is 13.2. The molecule has 0 N–H and O–H groups in total. The predicted octanol–water partition coefficient (Wildman–Crippen LogP) is 4.07. The van der Waals surface area contributed by atoms with Gasteiger partial charge in [0.25, 0.3) is 0 Å². The van der Waals surface area contributed by atoms with Crippen LogP contribution in [0.3, 0.4) is 0 Å². The van der Waals surface area contributed by atoms with Gasteiger partial charge >= 0.3 is 11.7 Å². The number of carbonyl (C=O) groups excluding carboxylic acids is 1. The Morgan fingerprint density at radius 1 is 1.03 bits per heavy atom. The summed E-state index contributed by atoms with van der Waals surface area (Å²) in [5.74, 6) is -0.120. The van der Waals surface area contributed by atoms with E-state index in [1.807, 2.05) is 0 Å². The highest BCUT2D eigenvalue weighted by atomic mass is 28.4. The van der Waals surface area contributed by atoms with Crippen LogP contribution in [0.2, 0.25) is 36.3 Å². The van der Waals surface area contributed by atoms with Crippen molar-refractivity contribution in [1.29, 1.82) is 0 Å². The van der Waals surface area contributed by atoms with Gasteiger partial charge in [-0.15, -0.1) is 5.10 Å². The second kappa shape index (κ2) is 10.8. The minimum atomic E-state index is -2.39. The fourth-order valence-corrected chi connectivity index (χ4v) is 5.90. The SMILES string of the molecule is CC(=O)O[C@@H]1[C@@H](CO[Si](C)(C)C(C)(C)C)OC(n2ccc(-n3ccnn3)nc2=O)[C@@H]1O[Si](C)(C)C(C)(C)C. The predicted molar refractivity (Wildman–Crippen MR) is 148 cm³/mol. The van der Waals surface area contributed by atoms with Crippen molar-refractivity contribution in [3.63, 3.8) is 0 Å². The highest BCUT2D eigenvalue weighted by Gasteiger charge is 2.53. The van der Waals surface area contributed by atoms with Crippen molar-refractivity contribution in [2.75, 3.05) is 6.61 Å². The second-order valence-electron chi connectivity index (χ2n) is 12.9. The van der Waals surface area contributed by atoms with Crippen molar-refractivity contribution in [2.45, 2.75) is 109 Å². The molecule has 2 aromatic heterocycles. The van der Waals surface area contributed by atoms with Gasteiger partial charge in [-0.3, -0.25) is 9.36 Å². The van der Waals surface area contributed by atoms with Crippen LogP contribution in [0.25, 0.3) is 5.82 Å². The van der Waals surface area contributed by atoms with E-state index in [1.54, 1.807) is 18.5 Å². The van der Waals surface area contributed by atoms with Crippen molar-refractivity contribution in [1.82, 2.24) is 24.5 Å². The van der Waals surface area contributed by atoms with Crippen LogP contribution < -0.4 is 5.69 Å². The monoisotopic (exact) mass is 565 g/mol. The van der Waals surface area contributed by atoms with Crippen LogP contribution in [0.5, 0.6) is 0 Å². The molecule has 1 aliphatic heterocycles. The molecule has 4 atom stereocenters. The molecule has 212 valence electrons. The molecule has 3 heterocycles. The summed E-state index contributed by atoms with van der Waals surface area (Å²) in [5.41, 5.74) is -0.542. The Bertz CT molecular complexity index is 1170. The summed E-state index contributed by atoms with van der Waals surface area (Å²) in [7, 11) is -4.53. The van der Waals surface area contributed by atoms with Gasteiger partial charge in [0.2, 0.25) is 0 Å². The van der Waals surface area contributed by atoms with Gasteiger partial charge in [-0.2, -0.15) is 4.98 Å². The first-order valence-electron chi connectivity index (χ1n) is 12.9. The highest BCUT2D eigenvalue weighted by molar-refractivity contribution is 6.74. The number of rotatable bonds is 8. The maximum atomic E-state index is 13.2. The largest absolute Gasteiger partial charge is 0.457 e. The standard InChI is InChI=1S/C25H43N5O6Si2/c1-17(31)34-20-18(16-33-37(8,9)24(2,3)4)35-22(21(20)36-38(10,11)25(5,6)7)29-14-12-19(27-23(29)32)30-15-13-26-28-30/h12-15,18,20-22H,16H2,1-11H3/t18-,20-,21-,22?/m1/s1. The highest BCUT2D eigenvalue weighted by Crippen LogP contribution is 2.43. The summed E-state index contributed by atoms with van der Waals surface area (Å²) in [6.45, 7) is 23.0. The molecule has 0 radical (unpaired) electrons. The van der Waals surface area contributed by atoms with Gasteiger partial charge < -0.3 is 18.3 Å². The fourth-order valence-electron chi connectivity index (χ4n) is 3.60. The van der Waals surface area contributed by atoms with Crippen LogP contribution in [0, 0.1) is 0 Å². The van der Waals surface area contributed by atoms with Gasteiger partial charge in [0, 0.05) is 13.1 Å². The van der Waals surface area contributed by atoms with Crippen molar-refractivity contribution in [3.05, 3.63) is 35.1 Å². The van der Waals surface area contributed by atoms with Crippen LogP contribution in [0.15, 0.2) is 29.5 Å². The molecule has 11 nitrogen and oxygen atoms in total. The van der Waals surface area contributed by atoms with Gasteiger partial charge in [-0.05, 0) is 42.3 Å². The molecule has 2 aromatic rings. The molecule has 1 unspecified atom stereocenters. The van der Waals surface area contributed by atoms with E-state index in [2.05, 4.69) is 83.0 Å². The summed E-state index contributed by atoms with van der Waals surface area (Å²) in [5, 5.41) is 7.53. The van der Waals surface area contributed by atoms with Crippen LogP contribution >= 0.6 is 0 Å². The Morgan fingerprint density at radius 2 is 1.66 bits per heavy atom.